The molecule has 0 radical (unpaired) electrons. The van der Waals surface area contributed by atoms with Crippen LogP contribution in [-0.2, 0) is 16.6 Å². The lowest BCUT2D eigenvalue weighted by molar-refractivity contribution is 0.164. The summed E-state index contributed by atoms with van der Waals surface area (Å²) in [5, 5.41) is 0. The van der Waals surface area contributed by atoms with E-state index in [0.29, 0.717) is 0 Å². The second kappa shape index (κ2) is 12.9. The first kappa shape index (κ1) is 27.9. The van der Waals surface area contributed by atoms with Crippen LogP contribution >= 0.6 is 28.3 Å². The molecule has 1 N–H and O–H groups in total. The highest BCUT2D eigenvalue weighted by Gasteiger charge is 2.27. The van der Waals surface area contributed by atoms with Crippen LogP contribution in [0.5, 0.6) is 5.75 Å². The Bertz CT molecular complexity index is 809. The summed E-state index contributed by atoms with van der Waals surface area (Å²) in [6, 6.07) is 6.34. The topological polar surface area (TPSA) is 61.9 Å². The molecule has 0 aromatic heterocycles. The average Bonchev–Trinajstić information content (AvgIpc) is 2.75. The number of ether oxygens (including phenoxy) is 1. The van der Waals surface area contributed by atoms with Gasteiger partial charge in [-0.15, -0.1) is 12.4 Å². The van der Waals surface area contributed by atoms with Crippen molar-refractivity contribution in [1.82, 2.24) is 13.9 Å². The molecule has 0 atom stereocenters. The molecular formula is C23H39BrClN3O3S. The van der Waals surface area contributed by atoms with Crippen LogP contribution in [0, 0.1) is 11.8 Å². The third kappa shape index (κ3) is 8.13. The lowest BCUT2D eigenvalue weighted by Crippen LogP contribution is -2.43. The number of likely N-dealkylation sites (tertiary alicyclic amines) is 1. The fourth-order valence-electron chi connectivity index (χ4n) is 4.81. The number of benzene rings is 1. The summed E-state index contributed by atoms with van der Waals surface area (Å²) in [4.78, 5) is 2.62. The van der Waals surface area contributed by atoms with E-state index < -0.39 is 10.2 Å². The van der Waals surface area contributed by atoms with Gasteiger partial charge in [0.25, 0.3) is 10.2 Å². The Morgan fingerprint density at radius 2 is 1.75 bits per heavy atom. The maximum Gasteiger partial charge on any atom is 0.279 e. The van der Waals surface area contributed by atoms with E-state index in [0.717, 1.165) is 49.7 Å². The van der Waals surface area contributed by atoms with Gasteiger partial charge in [0.1, 0.15) is 5.75 Å². The van der Waals surface area contributed by atoms with Crippen LogP contribution in [0.15, 0.2) is 22.7 Å². The molecule has 1 aliphatic carbocycles. The summed E-state index contributed by atoms with van der Waals surface area (Å²) in [5.74, 6) is 2.39. The van der Waals surface area contributed by atoms with Crippen molar-refractivity contribution in [3.8, 4) is 5.75 Å². The normalized spacial score (nSPS) is 23.2. The Kier molecular flexibility index (Phi) is 11.2. The lowest BCUT2D eigenvalue weighted by atomic mass is 9.84. The molecule has 3 rings (SSSR count). The van der Waals surface area contributed by atoms with Crippen LogP contribution in [-0.4, -0.2) is 64.5 Å². The largest absolute Gasteiger partial charge is 0.497 e. The first-order valence-electron chi connectivity index (χ1n) is 11.5. The minimum atomic E-state index is -3.31. The van der Waals surface area contributed by atoms with Gasteiger partial charge >= 0.3 is 0 Å². The van der Waals surface area contributed by atoms with Crippen molar-refractivity contribution in [2.75, 3.05) is 40.8 Å². The van der Waals surface area contributed by atoms with Gasteiger partial charge in [0, 0.05) is 24.6 Å². The highest BCUT2D eigenvalue weighted by molar-refractivity contribution is 9.10. The fourth-order valence-corrected chi connectivity index (χ4v) is 6.09. The van der Waals surface area contributed by atoms with E-state index in [9.17, 15) is 8.42 Å². The SMILES string of the molecule is COc1ccc(Br)c(CC2CCN(CC[C@H]3CC[C@H](NS(=O)(=O)N(C)C)CC3)CC2)c1.Cl. The number of halogens is 2. The van der Waals surface area contributed by atoms with Gasteiger partial charge in [-0.05, 0) is 107 Å². The first-order chi connectivity index (χ1) is 14.8. The van der Waals surface area contributed by atoms with Gasteiger partial charge < -0.3 is 9.64 Å². The molecule has 0 unspecified atom stereocenters. The van der Waals surface area contributed by atoms with Gasteiger partial charge in [-0.1, -0.05) is 15.9 Å². The number of hydrogen-bond acceptors (Lipinski definition) is 4. The Balaban J connectivity index is 0.00000363. The summed E-state index contributed by atoms with van der Waals surface area (Å²) in [5.41, 5.74) is 1.35. The van der Waals surface area contributed by atoms with E-state index in [1.54, 1.807) is 21.2 Å². The zero-order valence-corrected chi connectivity index (χ0v) is 22.8. The first-order valence-corrected chi connectivity index (χ1v) is 13.7. The summed E-state index contributed by atoms with van der Waals surface area (Å²) in [6.45, 7) is 3.54. The maximum atomic E-state index is 12.0. The van der Waals surface area contributed by atoms with Gasteiger partial charge in [0.05, 0.1) is 7.11 Å². The van der Waals surface area contributed by atoms with Gasteiger partial charge in [0.15, 0.2) is 0 Å². The van der Waals surface area contributed by atoms with Crippen LogP contribution in [0.1, 0.15) is 50.5 Å². The van der Waals surface area contributed by atoms with E-state index in [4.69, 9.17) is 4.74 Å². The number of hydrogen-bond donors (Lipinski definition) is 1. The molecule has 9 heteroatoms. The van der Waals surface area contributed by atoms with Gasteiger partial charge in [-0.25, -0.2) is 0 Å². The monoisotopic (exact) mass is 551 g/mol. The molecule has 2 fully saturated rings. The van der Waals surface area contributed by atoms with Crippen molar-refractivity contribution in [3.05, 3.63) is 28.2 Å². The lowest BCUT2D eigenvalue weighted by Gasteiger charge is -2.34. The van der Waals surface area contributed by atoms with Gasteiger partial charge in [-0.2, -0.15) is 17.4 Å². The molecule has 0 amide bonds. The molecule has 1 heterocycles. The summed E-state index contributed by atoms with van der Waals surface area (Å²) >= 11 is 3.69. The third-order valence-corrected chi connectivity index (χ3v) is 9.33. The molecule has 1 saturated heterocycles. The smallest absolute Gasteiger partial charge is 0.279 e. The van der Waals surface area contributed by atoms with E-state index in [1.807, 2.05) is 6.07 Å². The average molecular weight is 553 g/mol. The van der Waals surface area contributed by atoms with Gasteiger partial charge in [0.2, 0.25) is 0 Å². The van der Waals surface area contributed by atoms with Crippen LogP contribution in [0.25, 0.3) is 0 Å². The highest BCUT2D eigenvalue weighted by Crippen LogP contribution is 2.30. The number of piperidine rings is 1. The van der Waals surface area contributed by atoms with Crippen LogP contribution in [0.2, 0.25) is 0 Å². The molecular weight excluding hydrogens is 514 g/mol. The Labute approximate surface area is 209 Å². The van der Waals surface area contributed by atoms with E-state index in [2.05, 4.69) is 37.7 Å². The molecule has 32 heavy (non-hydrogen) atoms. The predicted octanol–water partition coefficient (Wildman–Crippen LogP) is 4.48. The van der Waals surface area contributed by atoms with Gasteiger partial charge in [-0.3, -0.25) is 0 Å². The fraction of sp³-hybridized carbons (Fsp3) is 0.739. The van der Waals surface area contributed by atoms with Crippen molar-refractivity contribution in [2.24, 2.45) is 11.8 Å². The number of nitrogens with zero attached hydrogens (tertiary/aromatic N) is 2. The molecule has 1 aromatic carbocycles. The zero-order chi connectivity index (χ0) is 22.4. The van der Waals surface area contributed by atoms with Crippen LogP contribution < -0.4 is 9.46 Å². The molecule has 184 valence electrons. The second-order valence-corrected chi connectivity index (χ2v) is 12.1. The summed E-state index contributed by atoms with van der Waals surface area (Å²) in [7, 11) is 1.56. The van der Waals surface area contributed by atoms with Crippen LogP contribution in [0.4, 0.5) is 0 Å². The standard InChI is InChI=1S/C23H38BrN3O3S.ClH/c1-26(2)31(28,29)25-21-6-4-18(5-7-21)10-13-27-14-11-19(12-15-27)16-20-17-22(30-3)8-9-23(20)24;/h8-9,17-19,21,25H,4-7,10-16H2,1-3H3;1H/t18-,21-;. The summed E-state index contributed by atoms with van der Waals surface area (Å²) in [6.07, 6.45) is 9.01. The van der Waals surface area contributed by atoms with Crippen LogP contribution in [0.3, 0.4) is 0 Å². The Morgan fingerprint density at radius 1 is 1.09 bits per heavy atom. The number of nitrogens with one attached hydrogen (secondary N) is 1. The Morgan fingerprint density at radius 3 is 2.34 bits per heavy atom. The predicted molar refractivity (Wildman–Crippen MR) is 137 cm³/mol. The van der Waals surface area contributed by atoms with E-state index >= 15 is 0 Å². The minimum Gasteiger partial charge on any atom is -0.497 e. The van der Waals surface area contributed by atoms with Crippen molar-refractivity contribution >= 4 is 38.5 Å². The molecule has 1 aliphatic heterocycles. The minimum absolute atomic E-state index is 0. The Hall–Kier alpha value is -0.380. The number of methoxy groups -OCH3 is 1. The maximum absolute atomic E-state index is 12.0. The van der Waals surface area contributed by atoms with Crippen molar-refractivity contribution in [1.29, 1.82) is 0 Å². The molecule has 1 aromatic rings. The molecule has 0 bridgehead atoms. The van der Waals surface area contributed by atoms with E-state index in [-0.39, 0.29) is 18.4 Å². The van der Waals surface area contributed by atoms with Crippen molar-refractivity contribution in [2.45, 2.75) is 57.4 Å². The molecule has 0 spiro atoms. The van der Waals surface area contributed by atoms with Crippen molar-refractivity contribution in [3.63, 3.8) is 0 Å². The quantitative estimate of drug-likeness (QED) is 0.491. The summed E-state index contributed by atoms with van der Waals surface area (Å²) < 4.78 is 34.7. The van der Waals surface area contributed by atoms with Crippen molar-refractivity contribution < 1.29 is 13.2 Å². The van der Waals surface area contributed by atoms with E-state index in [1.165, 1.54) is 53.2 Å². The molecule has 6 nitrogen and oxygen atoms in total. The molecule has 1 saturated carbocycles. The second-order valence-electron chi connectivity index (χ2n) is 9.36. The zero-order valence-electron chi connectivity index (χ0n) is 19.6. The number of rotatable bonds is 9. The highest BCUT2D eigenvalue weighted by atomic mass is 79.9. The third-order valence-electron chi connectivity index (χ3n) is 6.97. The molecule has 2 aliphatic rings.